The molecule has 0 saturated heterocycles. The van der Waals surface area contributed by atoms with Gasteiger partial charge in [-0.15, -0.1) is 0 Å². The highest BCUT2D eigenvalue weighted by molar-refractivity contribution is 5.90. The van der Waals surface area contributed by atoms with Crippen LogP contribution in [0.2, 0.25) is 0 Å². The van der Waals surface area contributed by atoms with Crippen LogP contribution in [0.25, 0.3) is 0 Å². The molecule has 0 aliphatic rings. The third-order valence-electron chi connectivity index (χ3n) is 2.73. The highest BCUT2D eigenvalue weighted by Crippen LogP contribution is 2.14. The molecule has 0 saturated carbocycles. The molecule has 0 radical (unpaired) electrons. The molecule has 19 heavy (non-hydrogen) atoms. The second kappa shape index (κ2) is 6.04. The Kier molecular flexibility index (Phi) is 4.18. The maximum Gasteiger partial charge on any atom is 0.224 e. The quantitative estimate of drug-likeness (QED) is 0.772. The number of anilines is 2. The average molecular weight is 258 g/mol. The molecule has 1 aromatic heterocycles. The van der Waals surface area contributed by atoms with Crippen LogP contribution in [0.3, 0.4) is 0 Å². The van der Waals surface area contributed by atoms with Crippen LogP contribution >= 0.6 is 0 Å². The highest BCUT2D eigenvalue weighted by atomic mass is 16.1. The first kappa shape index (κ1) is 13.1. The number of amides is 1. The number of hydrogen-bond donors (Lipinski definition) is 3. The van der Waals surface area contributed by atoms with Crippen molar-refractivity contribution >= 4 is 17.3 Å². The van der Waals surface area contributed by atoms with Gasteiger partial charge >= 0.3 is 0 Å². The van der Waals surface area contributed by atoms with Crippen molar-refractivity contribution < 1.29 is 4.79 Å². The molecule has 1 amide bonds. The Bertz CT molecular complexity index is 545. The summed E-state index contributed by atoms with van der Waals surface area (Å²) in [6.45, 7) is 4.45. The van der Waals surface area contributed by atoms with Crippen molar-refractivity contribution in [1.29, 1.82) is 0 Å². The van der Waals surface area contributed by atoms with Crippen LogP contribution in [0.4, 0.5) is 11.4 Å². The van der Waals surface area contributed by atoms with Gasteiger partial charge in [-0.3, -0.25) is 4.79 Å². The number of aryl methyl sites for hydroxylation is 1. The van der Waals surface area contributed by atoms with Crippen LogP contribution in [0, 0.1) is 6.92 Å². The minimum atomic E-state index is 0.0219. The Morgan fingerprint density at radius 3 is 2.53 bits per heavy atom. The Morgan fingerprint density at radius 2 is 1.95 bits per heavy atom. The fourth-order valence-electron chi connectivity index (χ4n) is 1.68. The van der Waals surface area contributed by atoms with Gasteiger partial charge in [0.15, 0.2) is 0 Å². The Labute approximate surface area is 112 Å². The third kappa shape index (κ3) is 3.84. The zero-order chi connectivity index (χ0) is 13.7. The molecule has 1 heterocycles. The minimum absolute atomic E-state index is 0.0219. The number of aromatic nitrogens is 2. The summed E-state index contributed by atoms with van der Waals surface area (Å²) in [5.41, 5.74) is 2.86. The van der Waals surface area contributed by atoms with Crippen LogP contribution < -0.4 is 10.6 Å². The first-order valence-corrected chi connectivity index (χ1v) is 6.31. The van der Waals surface area contributed by atoms with Gasteiger partial charge in [-0.2, -0.15) is 0 Å². The molecule has 0 bridgehead atoms. The van der Waals surface area contributed by atoms with Crippen molar-refractivity contribution in [3.8, 4) is 0 Å². The number of nitrogens with zero attached hydrogens (tertiary/aromatic N) is 1. The Balaban J connectivity index is 1.89. The lowest BCUT2D eigenvalue weighted by molar-refractivity contribution is -0.115. The van der Waals surface area contributed by atoms with E-state index in [0.717, 1.165) is 22.9 Å². The zero-order valence-corrected chi connectivity index (χ0v) is 11.2. The molecule has 5 nitrogen and oxygen atoms in total. The van der Waals surface area contributed by atoms with Crippen molar-refractivity contribution in [1.82, 2.24) is 9.97 Å². The molecule has 100 valence electrons. The van der Waals surface area contributed by atoms with Crippen molar-refractivity contribution in [2.75, 3.05) is 10.6 Å². The van der Waals surface area contributed by atoms with E-state index in [1.807, 2.05) is 44.3 Å². The zero-order valence-electron chi connectivity index (χ0n) is 11.2. The molecule has 0 aliphatic heterocycles. The molecule has 1 aromatic carbocycles. The van der Waals surface area contributed by atoms with E-state index in [2.05, 4.69) is 20.6 Å². The summed E-state index contributed by atoms with van der Waals surface area (Å²) >= 11 is 0. The molecule has 5 heteroatoms. The van der Waals surface area contributed by atoms with Gasteiger partial charge in [-0.1, -0.05) is 6.92 Å². The second-order valence-electron chi connectivity index (χ2n) is 4.33. The number of carbonyl (C=O) groups excluding carboxylic acids is 1. The summed E-state index contributed by atoms with van der Waals surface area (Å²) in [4.78, 5) is 18.5. The number of hydrogen-bond acceptors (Lipinski definition) is 3. The van der Waals surface area contributed by atoms with Gasteiger partial charge in [0.25, 0.3) is 0 Å². The van der Waals surface area contributed by atoms with E-state index in [9.17, 15) is 4.79 Å². The van der Waals surface area contributed by atoms with Gasteiger partial charge in [0.2, 0.25) is 5.91 Å². The van der Waals surface area contributed by atoms with Gasteiger partial charge in [-0.25, -0.2) is 4.98 Å². The highest BCUT2D eigenvalue weighted by Gasteiger charge is 2.00. The predicted octanol–water partition coefficient (Wildman–Crippen LogP) is 2.68. The van der Waals surface area contributed by atoms with E-state index >= 15 is 0 Å². The molecule has 0 aliphatic carbocycles. The summed E-state index contributed by atoms with van der Waals surface area (Å²) in [6, 6.07) is 7.64. The lowest BCUT2D eigenvalue weighted by Gasteiger charge is -2.07. The molecule has 0 unspecified atom stereocenters. The lowest BCUT2D eigenvalue weighted by Crippen LogP contribution is -2.09. The number of nitrogens with one attached hydrogen (secondary N) is 3. The maximum atomic E-state index is 11.2. The SMILES string of the molecule is CCC(=O)Nc1ccc(NCc2cnc(C)[nH]2)cc1. The van der Waals surface area contributed by atoms with Crippen molar-refractivity contribution in [3.05, 3.63) is 42.0 Å². The van der Waals surface area contributed by atoms with Gasteiger partial charge in [-0.05, 0) is 31.2 Å². The number of rotatable bonds is 5. The number of aromatic amines is 1. The summed E-state index contributed by atoms with van der Waals surface area (Å²) < 4.78 is 0. The largest absolute Gasteiger partial charge is 0.379 e. The number of benzene rings is 1. The molecular weight excluding hydrogens is 240 g/mol. The van der Waals surface area contributed by atoms with Gasteiger partial charge in [0.1, 0.15) is 5.82 Å². The monoisotopic (exact) mass is 258 g/mol. The van der Waals surface area contributed by atoms with Crippen LogP contribution in [-0.4, -0.2) is 15.9 Å². The topological polar surface area (TPSA) is 69.8 Å². The first-order chi connectivity index (χ1) is 9.17. The Morgan fingerprint density at radius 1 is 1.26 bits per heavy atom. The molecular formula is C14H18N4O. The normalized spacial score (nSPS) is 10.2. The molecule has 0 fully saturated rings. The van der Waals surface area contributed by atoms with E-state index in [1.54, 1.807) is 0 Å². The smallest absolute Gasteiger partial charge is 0.224 e. The molecule has 0 atom stereocenters. The van der Waals surface area contributed by atoms with Crippen LogP contribution in [0.1, 0.15) is 24.9 Å². The van der Waals surface area contributed by atoms with E-state index in [4.69, 9.17) is 0 Å². The molecule has 2 rings (SSSR count). The Hall–Kier alpha value is -2.30. The van der Waals surface area contributed by atoms with E-state index in [1.165, 1.54) is 0 Å². The maximum absolute atomic E-state index is 11.2. The third-order valence-corrected chi connectivity index (χ3v) is 2.73. The van der Waals surface area contributed by atoms with Crippen LogP contribution in [0.15, 0.2) is 30.5 Å². The van der Waals surface area contributed by atoms with E-state index in [0.29, 0.717) is 13.0 Å². The summed E-state index contributed by atoms with van der Waals surface area (Å²) in [5.74, 6) is 0.933. The predicted molar refractivity (Wildman–Crippen MR) is 76.0 cm³/mol. The van der Waals surface area contributed by atoms with Gasteiger partial charge in [0, 0.05) is 17.8 Å². The first-order valence-electron chi connectivity index (χ1n) is 6.31. The van der Waals surface area contributed by atoms with Crippen molar-refractivity contribution in [2.45, 2.75) is 26.8 Å². The fourth-order valence-corrected chi connectivity index (χ4v) is 1.68. The average Bonchev–Trinajstić information content (AvgIpc) is 2.83. The number of H-pyrrole nitrogens is 1. The second-order valence-corrected chi connectivity index (χ2v) is 4.33. The molecule has 0 spiro atoms. The lowest BCUT2D eigenvalue weighted by atomic mass is 10.2. The van der Waals surface area contributed by atoms with Crippen molar-refractivity contribution in [2.24, 2.45) is 0 Å². The van der Waals surface area contributed by atoms with Crippen molar-refractivity contribution in [3.63, 3.8) is 0 Å². The standard InChI is InChI=1S/C14H18N4O/c1-3-14(19)18-12-6-4-11(5-7-12)16-9-13-8-15-10(2)17-13/h4-8,16H,3,9H2,1-2H3,(H,15,17)(H,18,19). The van der Waals surface area contributed by atoms with E-state index < -0.39 is 0 Å². The van der Waals surface area contributed by atoms with Gasteiger partial charge in [0.05, 0.1) is 18.4 Å². The number of imidazole rings is 1. The molecule has 2 aromatic rings. The summed E-state index contributed by atoms with van der Waals surface area (Å²) in [5, 5.41) is 6.10. The summed E-state index contributed by atoms with van der Waals surface area (Å²) in [6.07, 6.45) is 2.30. The van der Waals surface area contributed by atoms with E-state index in [-0.39, 0.29) is 5.91 Å². The summed E-state index contributed by atoms with van der Waals surface area (Å²) in [7, 11) is 0. The fraction of sp³-hybridized carbons (Fsp3) is 0.286. The van der Waals surface area contributed by atoms with Crippen LogP contribution in [-0.2, 0) is 11.3 Å². The number of carbonyl (C=O) groups is 1. The minimum Gasteiger partial charge on any atom is -0.379 e. The molecule has 3 N–H and O–H groups in total. The van der Waals surface area contributed by atoms with Gasteiger partial charge < -0.3 is 15.6 Å². The van der Waals surface area contributed by atoms with Crippen LogP contribution in [0.5, 0.6) is 0 Å².